The highest BCUT2D eigenvalue weighted by Crippen LogP contribution is 2.15. The first-order chi connectivity index (χ1) is 6.06. The fraction of sp³-hybridized carbons (Fsp3) is 0.636. The molecule has 0 N–H and O–H groups in total. The van der Waals surface area contributed by atoms with Crippen molar-refractivity contribution in [2.24, 2.45) is 5.92 Å². The SMILES string of the molecule is CC.CC/C(Cl)=C\C(Cl)=C/C(C)C. The number of hydrogen-bond acceptors (Lipinski definition) is 0. The van der Waals surface area contributed by atoms with Crippen LogP contribution in [0.3, 0.4) is 0 Å². The zero-order valence-corrected chi connectivity index (χ0v) is 10.7. The molecule has 0 saturated carbocycles. The van der Waals surface area contributed by atoms with Crippen LogP contribution >= 0.6 is 23.2 Å². The van der Waals surface area contributed by atoms with Crippen LogP contribution in [0.2, 0.25) is 0 Å². The van der Waals surface area contributed by atoms with Crippen LogP contribution in [0.1, 0.15) is 41.0 Å². The van der Waals surface area contributed by atoms with Gasteiger partial charge in [-0.05, 0) is 18.4 Å². The lowest BCUT2D eigenvalue weighted by Crippen LogP contribution is -1.79. The first kappa shape index (κ1) is 15.5. The lowest BCUT2D eigenvalue weighted by molar-refractivity contribution is 0.830. The molecule has 78 valence electrons. The molecule has 0 spiro atoms. The summed E-state index contributed by atoms with van der Waals surface area (Å²) >= 11 is 11.6. The van der Waals surface area contributed by atoms with Crippen molar-refractivity contribution in [1.82, 2.24) is 0 Å². The number of allylic oxidation sites excluding steroid dienone is 4. The predicted octanol–water partition coefficient (Wildman–Crippen LogP) is 5.32. The van der Waals surface area contributed by atoms with Crippen LogP contribution in [0.5, 0.6) is 0 Å². The summed E-state index contributed by atoms with van der Waals surface area (Å²) < 4.78 is 0. The molecule has 0 heterocycles. The molecular formula is C11H20Cl2. The molecule has 0 aromatic carbocycles. The summed E-state index contributed by atoms with van der Waals surface area (Å²) in [5.74, 6) is 0.472. The van der Waals surface area contributed by atoms with Crippen LogP contribution < -0.4 is 0 Å². The Kier molecular flexibility index (Phi) is 12.1. The summed E-state index contributed by atoms with van der Waals surface area (Å²) in [6.45, 7) is 10.2. The number of hydrogen-bond donors (Lipinski definition) is 0. The normalized spacial score (nSPS) is 12.6. The molecule has 0 amide bonds. The summed E-state index contributed by atoms with van der Waals surface area (Å²) in [5, 5.41) is 1.53. The topological polar surface area (TPSA) is 0 Å². The van der Waals surface area contributed by atoms with E-state index in [1.54, 1.807) is 6.08 Å². The van der Waals surface area contributed by atoms with E-state index in [1.165, 1.54) is 0 Å². The molecule has 0 aliphatic carbocycles. The molecule has 0 saturated heterocycles. The van der Waals surface area contributed by atoms with Gasteiger partial charge in [0.05, 0.1) is 0 Å². The molecule has 2 heteroatoms. The van der Waals surface area contributed by atoms with Crippen LogP contribution in [-0.4, -0.2) is 0 Å². The Morgan fingerprint density at radius 1 is 1.23 bits per heavy atom. The van der Waals surface area contributed by atoms with Gasteiger partial charge in [0.15, 0.2) is 0 Å². The minimum atomic E-state index is 0.472. The second-order valence-corrected chi connectivity index (χ2v) is 3.66. The molecule has 0 rings (SSSR count). The quantitative estimate of drug-likeness (QED) is 0.567. The van der Waals surface area contributed by atoms with Gasteiger partial charge in [-0.2, -0.15) is 0 Å². The molecule has 0 aliphatic rings. The van der Waals surface area contributed by atoms with Gasteiger partial charge in [0.2, 0.25) is 0 Å². The molecule has 13 heavy (non-hydrogen) atoms. The van der Waals surface area contributed by atoms with Crippen LogP contribution in [0, 0.1) is 5.92 Å². The van der Waals surface area contributed by atoms with Crippen molar-refractivity contribution in [1.29, 1.82) is 0 Å². The summed E-state index contributed by atoms with van der Waals surface area (Å²) in [7, 11) is 0. The van der Waals surface area contributed by atoms with Gasteiger partial charge in [0, 0.05) is 10.1 Å². The highest BCUT2D eigenvalue weighted by molar-refractivity contribution is 6.34. The van der Waals surface area contributed by atoms with Crippen LogP contribution in [0.25, 0.3) is 0 Å². The Morgan fingerprint density at radius 3 is 2.00 bits per heavy atom. The predicted molar refractivity (Wildman–Crippen MR) is 64.3 cm³/mol. The van der Waals surface area contributed by atoms with Crippen molar-refractivity contribution in [3.05, 3.63) is 22.2 Å². The average Bonchev–Trinajstić information content (AvgIpc) is 2.06. The molecule has 0 radical (unpaired) electrons. The molecule has 0 aromatic heterocycles. The van der Waals surface area contributed by atoms with E-state index in [9.17, 15) is 0 Å². The third kappa shape index (κ3) is 12.1. The first-order valence-corrected chi connectivity index (χ1v) is 5.55. The van der Waals surface area contributed by atoms with Crippen molar-refractivity contribution >= 4 is 23.2 Å². The van der Waals surface area contributed by atoms with Crippen molar-refractivity contribution in [2.75, 3.05) is 0 Å². The summed E-state index contributed by atoms with van der Waals surface area (Å²) in [4.78, 5) is 0. The van der Waals surface area contributed by atoms with E-state index in [1.807, 2.05) is 26.8 Å². The zero-order chi connectivity index (χ0) is 10.9. The average molecular weight is 223 g/mol. The van der Waals surface area contributed by atoms with Gasteiger partial charge in [-0.1, -0.05) is 63.9 Å². The highest BCUT2D eigenvalue weighted by Gasteiger charge is 1.92. The minimum Gasteiger partial charge on any atom is -0.0891 e. The summed E-state index contributed by atoms with van der Waals surface area (Å²) in [6, 6.07) is 0. The Morgan fingerprint density at radius 2 is 1.69 bits per heavy atom. The van der Waals surface area contributed by atoms with Crippen molar-refractivity contribution < 1.29 is 0 Å². The second-order valence-electron chi connectivity index (χ2n) is 2.74. The number of rotatable bonds is 3. The minimum absolute atomic E-state index is 0.472. The van der Waals surface area contributed by atoms with Gasteiger partial charge in [-0.25, -0.2) is 0 Å². The van der Waals surface area contributed by atoms with Gasteiger partial charge in [0.25, 0.3) is 0 Å². The third-order valence-electron chi connectivity index (χ3n) is 1.12. The summed E-state index contributed by atoms with van der Waals surface area (Å²) in [6.07, 6.45) is 4.60. The van der Waals surface area contributed by atoms with E-state index in [0.29, 0.717) is 5.92 Å². The molecule has 0 nitrogen and oxygen atoms in total. The monoisotopic (exact) mass is 222 g/mol. The van der Waals surface area contributed by atoms with Crippen LogP contribution in [0.15, 0.2) is 22.2 Å². The van der Waals surface area contributed by atoms with E-state index in [-0.39, 0.29) is 0 Å². The highest BCUT2D eigenvalue weighted by atomic mass is 35.5. The molecule has 0 aromatic rings. The standard InChI is InChI=1S/C9H14Cl2.C2H6/c1-4-8(10)6-9(11)5-7(2)3;1-2/h5-7H,4H2,1-3H3;1-2H3/b8-6+,9-5+;. The maximum Gasteiger partial charge on any atom is 0.0380 e. The first-order valence-electron chi connectivity index (χ1n) is 4.79. The van der Waals surface area contributed by atoms with Crippen molar-refractivity contribution in [3.8, 4) is 0 Å². The molecule has 0 bridgehead atoms. The Balaban J connectivity index is 0. The molecule has 0 unspecified atom stereocenters. The fourth-order valence-electron chi connectivity index (χ4n) is 0.618. The van der Waals surface area contributed by atoms with Gasteiger partial charge >= 0.3 is 0 Å². The smallest absolute Gasteiger partial charge is 0.0380 e. The second kappa shape index (κ2) is 10.1. The Labute approximate surface area is 92.6 Å². The molecule has 0 aliphatic heterocycles. The lowest BCUT2D eigenvalue weighted by atomic mass is 10.2. The molecule has 0 fully saturated rings. The van der Waals surface area contributed by atoms with E-state index in [4.69, 9.17) is 23.2 Å². The van der Waals surface area contributed by atoms with Gasteiger partial charge in [-0.3, -0.25) is 0 Å². The van der Waals surface area contributed by atoms with E-state index in [2.05, 4.69) is 13.8 Å². The van der Waals surface area contributed by atoms with Crippen molar-refractivity contribution in [3.63, 3.8) is 0 Å². The van der Waals surface area contributed by atoms with Crippen LogP contribution in [0.4, 0.5) is 0 Å². The maximum atomic E-state index is 5.85. The molecule has 0 atom stereocenters. The molecular weight excluding hydrogens is 203 g/mol. The van der Waals surface area contributed by atoms with E-state index >= 15 is 0 Å². The van der Waals surface area contributed by atoms with Gasteiger partial charge < -0.3 is 0 Å². The fourth-order valence-corrected chi connectivity index (χ4v) is 1.18. The van der Waals surface area contributed by atoms with Gasteiger partial charge in [0.1, 0.15) is 0 Å². The van der Waals surface area contributed by atoms with E-state index < -0.39 is 0 Å². The maximum absolute atomic E-state index is 5.85. The number of halogens is 2. The largest absolute Gasteiger partial charge is 0.0891 e. The zero-order valence-electron chi connectivity index (χ0n) is 9.20. The Bertz CT molecular complexity index is 167. The van der Waals surface area contributed by atoms with Crippen molar-refractivity contribution in [2.45, 2.75) is 41.0 Å². The Hall–Kier alpha value is 0.0600. The lowest BCUT2D eigenvalue weighted by Gasteiger charge is -1.96. The van der Waals surface area contributed by atoms with Crippen LogP contribution in [-0.2, 0) is 0 Å². The summed E-state index contributed by atoms with van der Waals surface area (Å²) in [5.41, 5.74) is 0. The third-order valence-corrected chi connectivity index (χ3v) is 1.74. The van der Waals surface area contributed by atoms with E-state index in [0.717, 1.165) is 16.5 Å². The van der Waals surface area contributed by atoms with Gasteiger partial charge in [-0.15, -0.1) is 0 Å².